The summed E-state index contributed by atoms with van der Waals surface area (Å²) in [5, 5.41) is 7.42. The predicted molar refractivity (Wildman–Crippen MR) is 153 cm³/mol. The number of rotatable bonds is 5. The molecule has 5 heterocycles. The van der Waals surface area contributed by atoms with Crippen LogP contribution in [0.25, 0.3) is 32.3 Å². The van der Waals surface area contributed by atoms with Crippen molar-refractivity contribution in [1.29, 1.82) is 0 Å². The smallest absolute Gasteiger partial charge is 0.274 e. The maximum absolute atomic E-state index is 13.6. The first-order valence-electron chi connectivity index (χ1n) is 12.3. The Hall–Kier alpha value is -3.92. The van der Waals surface area contributed by atoms with E-state index in [2.05, 4.69) is 25.5 Å². The third kappa shape index (κ3) is 4.49. The van der Waals surface area contributed by atoms with Gasteiger partial charge >= 0.3 is 0 Å². The van der Waals surface area contributed by atoms with Crippen LogP contribution in [0.15, 0.2) is 79.0 Å². The van der Waals surface area contributed by atoms with Gasteiger partial charge in [0.1, 0.15) is 26.9 Å². The van der Waals surface area contributed by atoms with Crippen molar-refractivity contribution in [3.8, 4) is 22.0 Å². The molecule has 190 valence electrons. The molecule has 1 amide bonds. The summed E-state index contributed by atoms with van der Waals surface area (Å²) in [7, 11) is 0. The lowest BCUT2D eigenvalue weighted by Crippen LogP contribution is -2.44. The quantitative estimate of drug-likeness (QED) is 0.322. The lowest BCUT2D eigenvalue weighted by atomic mass is 10.1. The number of fused-ring (bicyclic) bond motifs is 3. The highest BCUT2D eigenvalue weighted by Gasteiger charge is 2.38. The fraction of sp³-hybridized carbons (Fsp3) is 0.179. The molecule has 2 aliphatic heterocycles. The van der Waals surface area contributed by atoms with Crippen LogP contribution in [0.3, 0.4) is 0 Å². The first kappa shape index (κ1) is 24.4. The topological polar surface area (TPSA) is 95.9 Å². The molecule has 0 spiro atoms. The van der Waals surface area contributed by atoms with E-state index in [1.165, 1.54) is 11.3 Å². The molecular weight excluding hydrogens is 518 g/mol. The standard InChI is InChI=1S/C28H23N7OS.ClH/c36-26(32-21-10-5-4-9-20(21)27-33-22-11-6-12-29-28(22)37-27)23-14-24(35-16-18-13-19(35)15-30-18)34-25(31-23)17-7-2-1-3-8-17;/h1-12,14,18-19,30H,13,15-16H2,(H,32,36);1H/t18-,19-;/m1./s1. The van der Waals surface area contributed by atoms with Crippen LogP contribution in [-0.2, 0) is 0 Å². The maximum atomic E-state index is 13.6. The minimum absolute atomic E-state index is 0. The number of amides is 1. The highest BCUT2D eigenvalue weighted by atomic mass is 35.5. The average Bonchev–Trinajstić information content (AvgIpc) is 3.70. The molecule has 2 aliphatic rings. The third-order valence-corrected chi connectivity index (χ3v) is 7.91. The van der Waals surface area contributed by atoms with Gasteiger partial charge in [-0.3, -0.25) is 4.79 Å². The zero-order valence-corrected chi connectivity index (χ0v) is 21.9. The van der Waals surface area contributed by atoms with E-state index in [1.54, 1.807) is 6.20 Å². The number of aromatic nitrogens is 4. The van der Waals surface area contributed by atoms with Crippen LogP contribution in [0.4, 0.5) is 11.5 Å². The van der Waals surface area contributed by atoms with Crippen molar-refractivity contribution in [2.24, 2.45) is 0 Å². The number of carbonyl (C=O) groups excluding carboxylic acids is 1. The Morgan fingerprint density at radius 2 is 1.84 bits per heavy atom. The number of pyridine rings is 1. The second kappa shape index (κ2) is 10.1. The fourth-order valence-electron chi connectivity index (χ4n) is 5.11. The molecule has 5 aromatic rings. The fourth-order valence-corrected chi connectivity index (χ4v) is 6.05. The van der Waals surface area contributed by atoms with E-state index < -0.39 is 0 Å². The van der Waals surface area contributed by atoms with Gasteiger partial charge in [-0.05, 0) is 30.7 Å². The van der Waals surface area contributed by atoms with E-state index in [0.717, 1.165) is 51.8 Å². The Labute approximate surface area is 229 Å². The normalized spacial score (nSPS) is 17.9. The second-order valence-corrected chi connectivity index (χ2v) is 10.3. The first-order chi connectivity index (χ1) is 18.2. The Balaban J connectivity index is 0.00000264. The molecule has 10 heteroatoms. The first-order valence-corrected chi connectivity index (χ1v) is 13.1. The summed E-state index contributed by atoms with van der Waals surface area (Å²) in [6, 6.07) is 24.0. The molecule has 0 saturated carbocycles. The molecule has 2 N–H and O–H groups in total. The monoisotopic (exact) mass is 541 g/mol. The zero-order chi connectivity index (χ0) is 24.8. The number of benzene rings is 2. The maximum Gasteiger partial charge on any atom is 0.274 e. The Bertz CT molecular complexity index is 1590. The van der Waals surface area contributed by atoms with Gasteiger partial charge in [0, 0.05) is 48.6 Å². The van der Waals surface area contributed by atoms with E-state index in [9.17, 15) is 4.79 Å². The van der Waals surface area contributed by atoms with Gasteiger partial charge in [-0.25, -0.2) is 19.9 Å². The SMILES string of the molecule is Cl.O=C(Nc1ccccc1-c1nc2cccnc2s1)c1cc(N2C[C@H]3C[C@@H]2CN3)nc(-c2ccccc2)n1. The number of nitrogens with zero attached hydrogens (tertiary/aromatic N) is 5. The number of para-hydroxylation sites is 1. The second-order valence-electron chi connectivity index (χ2n) is 9.29. The molecule has 2 saturated heterocycles. The van der Waals surface area contributed by atoms with Gasteiger partial charge in [-0.2, -0.15) is 0 Å². The van der Waals surface area contributed by atoms with Crippen molar-refractivity contribution in [2.45, 2.75) is 18.5 Å². The van der Waals surface area contributed by atoms with Crippen LogP contribution in [-0.4, -0.2) is 51.0 Å². The number of thiazole rings is 1. The molecule has 3 aromatic heterocycles. The molecule has 0 aliphatic carbocycles. The Morgan fingerprint density at radius 1 is 1.00 bits per heavy atom. The van der Waals surface area contributed by atoms with Crippen molar-refractivity contribution >= 4 is 51.5 Å². The number of hydrogen-bond donors (Lipinski definition) is 2. The third-order valence-electron chi connectivity index (χ3n) is 6.90. The predicted octanol–water partition coefficient (Wildman–Crippen LogP) is 5.04. The van der Waals surface area contributed by atoms with Gasteiger partial charge in [-0.15, -0.1) is 12.4 Å². The van der Waals surface area contributed by atoms with Crippen LogP contribution < -0.4 is 15.5 Å². The van der Waals surface area contributed by atoms with E-state index >= 15 is 0 Å². The molecule has 2 atom stereocenters. The summed E-state index contributed by atoms with van der Waals surface area (Å²) in [5.74, 6) is 1.05. The molecule has 2 aromatic carbocycles. The van der Waals surface area contributed by atoms with Gasteiger partial charge in [0.25, 0.3) is 5.91 Å². The summed E-state index contributed by atoms with van der Waals surface area (Å²) >= 11 is 1.50. The summed E-state index contributed by atoms with van der Waals surface area (Å²) in [6.07, 6.45) is 2.85. The van der Waals surface area contributed by atoms with Crippen molar-refractivity contribution in [3.05, 3.63) is 84.7 Å². The van der Waals surface area contributed by atoms with Crippen LogP contribution in [0.1, 0.15) is 16.9 Å². The van der Waals surface area contributed by atoms with Crippen molar-refractivity contribution in [2.75, 3.05) is 23.3 Å². The molecule has 2 bridgehead atoms. The highest BCUT2D eigenvalue weighted by Crippen LogP contribution is 2.34. The Kier molecular flexibility index (Phi) is 6.49. The summed E-state index contributed by atoms with van der Waals surface area (Å²) in [4.78, 5) is 35.5. The van der Waals surface area contributed by atoms with E-state index in [0.29, 0.717) is 29.3 Å². The number of piperazine rings is 1. The number of halogens is 1. The van der Waals surface area contributed by atoms with Gasteiger partial charge in [0.05, 0.1) is 5.69 Å². The largest absolute Gasteiger partial charge is 0.351 e. The van der Waals surface area contributed by atoms with E-state index in [4.69, 9.17) is 9.97 Å². The minimum atomic E-state index is -0.282. The average molecular weight is 542 g/mol. The lowest BCUT2D eigenvalue weighted by molar-refractivity contribution is 0.102. The molecule has 7 rings (SSSR count). The van der Waals surface area contributed by atoms with Gasteiger partial charge < -0.3 is 15.5 Å². The molecule has 38 heavy (non-hydrogen) atoms. The van der Waals surface area contributed by atoms with Crippen molar-refractivity contribution in [1.82, 2.24) is 25.3 Å². The van der Waals surface area contributed by atoms with Gasteiger partial charge in [-0.1, -0.05) is 53.8 Å². The molecule has 8 nitrogen and oxygen atoms in total. The molecule has 2 fully saturated rings. The number of carbonyl (C=O) groups is 1. The number of nitrogens with one attached hydrogen (secondary N) is 2. The molecule has 0 unspecified atom stereocenters. The lowest BCUT2D eigenvalue weighted by Gasteiger charge is -2.29. The van der Waals surface area contributed by atoms with Crippen LogP contribution in [0.5, 0.6) is 0 Å². The summed E-state index contributed by atoms with van der Waals surface area (Å²) in [5.41, 5.74) is 3.58. The van der Waals surface area contributed by atoms with E-state index in [-0.39, 0.29) is 18.3 Å². The minimum Gasteiger partial charge on any atom is -0.351 e. The van der Waals surface area contributed by atoms with Crippen LogP contribution in [0, 0.1) is 0 Å². The van der Waals surface area contributed by atoms with Gasteiger partial charge in [0.2, 0.25) is 0 Å². The van der Waals surface area contributed by atoms with Crippen molar-refractivity contribution in [3.63, 3.8) is 0 Å². The number of hydrogen-bond acceptors (Lipinski definition) is 8. The highest BCUT2D eigenvalue weighted by molar-refractivity contribution is 7.21. The zero-order valence-electron chi connectivity index (χ0n) is 20.2. The van der Waals surface area contributed by atoms with Gasteiger partial charge in [0.15, 0.2) is 5.82 Å². The summed E-state index contributed by atoms with van der Waals surface area (Å²) in [6.45, 7) is 1.81. The number of anilines is 2. The molecule has 0 radical (unpaired) electrons. The Morgan fingerprint density at radius 3 is 2.63 bits per heavy atom. The van der Waals surface area contributed by atoms with E-state index in [1.807, 2.05) is 72.8 Å². The van der Waals surface area contributed by atoms with Crippen LogP contribution >= 0.6 is 23.7 Å². The van der Waals surface area contributed by atoms with Crippen LogP contribution in [0.2, 0.25) is 0 Å². The summed E-state index contributed by atoms with van der Waals surface area (Å²) < 4.78 is 0. The van der Waals surface area contributed by atoms with Crippen molar-refractivity contribution < 1.29 is 4.79 Å². The molecular formula is C28H24ClN7OS.